The molecule has 0 radical (unpaired) electrons. The number of ether oxygens (including phenoxy) is 2. The van der Waals surface area contributed by atoms with E-state index in [0.717, 1.165) is 11.8 Å². The lowest BCUT2D eigenvalue weighted by atomic mass is 10.2. The largest absolute Gasteiger partial charge is 0.493 e. The predicted molar refractivity (Wildman–Crippen MR) is 111 cm³/mol. The van der Waals surface area contributed by atoms with E-state index < -0.39 is 12.6 Å². The number of hydrogen-bond acceptors (Lipinski definition) is 6. The third kappa shape index (κ3) is 5.36. The molecule has 7 nitrogen and oxygen atoms in total. The highest BCUT2D eigenvalue weighted by Crippen LogP contribution is 2.36. The predicted octanol–water partition coefficient (Wildman–Crippen LogP) is 3.95. The van der Waals surface area contributed by atoms with Gasteiger partial charge in [-0.25, -0.2) is 14.2 Å². The molecule has 150 valence electrons. The summed E-state index contributed by atoms with van der Waals surface area (Å²) in [4.78, 5) is 27.6. The number of amides is 1. The quantitative estimate of drug-likeness (QED) is 0.607. The third-order valence-electron chi connectivity index (χ3n) is 3.63. The molecule has 2 aromatic carbocycles. The molecule has 0 spiro atoms. The molecule has 0 bridgehead atoms. The van der Waals surface area contributed by atoms with Crippen molar-refractivity contribution in [3.63, 3.8) is 0 Å². The average molecular weight is 481 g/mol. The molecule has 3 rings (SSSR count). The van der Waals surface area contributed by atoms with E-state index in [0.29, 0.717) is 31.5 Å². The van der Waals surface area contributed by atoms with Crippen molar-refractivity contribution < 1.29 is 28.6 Å². The molecule has 1 fully saturated rings. The summed E-state index contributed by atoms with van der Waals surface area (Å²) < 4.78 is 24.0. The summed E-state index contributed by atoms with van der Waals surface area (Å²) in [6.45, 7) is -0.509. The summed E-state index contributed by atoms with van der Waals surface area (Å²) in [6.07, 6.45) is 1.64. The maximum Gasteiger partial charge on any atom is 0.341 e. The van der Waals surface area contributed by atoms with Gasteiger partial charge in [0.05, 0.1) is 17.7 Å². The number of nitrogens with zero attached hydrogens (tertiary/aromatic N) is 1. The van der Waals surface area contributed by atoms with Gasteiger partial charge >= 0.3 is 5.97 Å². The van der Waals surface area contributed by atoms with Crippen molar-refractivity contribution in [3.05, 3.63) is 57.2 Å². The van der Waals surface area contributed by atoms with Crippen LogP contribution < -0.4 is 14.8 Å². The molecule has 1 aliphatic rings. The SMILES string of the molecule is COc1cc(/C=C2/SC(=Nc3ccc(F)cc3)NC2=O)c(Br)cc1OCC(=O)O. The Balaban J connectivity index is 1.84. The number of halogens is 2. The van der Waals surface area contributed by atoms with Crippen LogP contribution in [-0.2, 0) is 9.59 Å². The highest BCUT2D eigenvalue weighted by atomic mass is 79.9. The number of rotatable bonds is 6. The normalized spacial score (nSPS) is 16.2. The number of aliphatic imine (C=N–C) groups is 1. The Morgan fingerprint density at radius 3 is 2.69 bits per heavy atom. The molecule has 1 amide bonds. The summed E-state index contributed by atoms with van der Waals surface area (Å²) in [7, 11) is 1.43. The van der Waals surface area contributed by atoms with Gasteiger partial charge < -0.3 is 19.9 Å². The first-order valence-corrected chi connectivity index (χ1v) is 9.74. The number of hydrogen-bond donors (Lipinski definition) is 2. The highest BCUT2D eigenvalue weighted by molar-refractivity contribution is 9.10. The fraction of sp³-hybridized carbons (Fsp3) is 0.105. The third-order valence-corrected chi connectivity index (χ3v) is 5.23. The maximum absolute atomic E-state index is 13.0. The molecular weight excluding hydrogens is 467 g/mol. The van der Waals surface area contributed by atoms with Crippen molar-refractivity contribution in [2.24, 2.45) is 4.99 Å². The van der Waals surface area contributed by atoms with Crippen LogP contribution in [0.15, 0.2) is 50.8 Å². The van der Waals surface area contributed by atoms with Crippen molar-refractivity contribution in [1.29, 1.82) is 0 Å². The van der Waals surface area contributed by atoms with Crippen LogP contribution in [-0.4, -0.2) is 35.9 Å². The number of carboxylic acids is 1. The van der Waals surface area contributed by atoms with Gasteiger partial charge in [-0.15, -0.1) is 0 Å². The van der Waals surface area contributed by atoms with Gasteiger partial charge in [0.15, 0.2) is 23.3 Å². The molecule has 2 aromatic rings. The molecule has 1 heterocycles. The van der Waals surface area contributed by atoms with Gasteiger partial charge in [0.1, 0.15) is 5.82 Å². The number of thioether (sulfide) groups is 1. The first-order chi connectivity index (χ1) is 13.9. The second kappa shape index (κ2) is 9.10. The first-order valence-electron chi connectivity index (χ1n) is 8.13. The fourth-order valence-corrected chi connectivity index (χ4v) is 3.60. The Labute approximate surface area is 177 Å². The number of nitrogens with one attached hydrogen (secondary N) is 1. The van der Waals surface area contributed by atoms with Crippen molar-refractivity contribution in [1.82, 2.24) is 5.32 Å². The number of methoxy groups -OCH3 is 1. The molecule has 0 atom stereocenters. The Hall–Kier alpha value is -2.85. The molecule has 29 heavy (non-hydrogen) atoms. The van der Waals surface area contributed by atoms with Crippen molar-refractivity contribution in [3.8, 4) is 11.5 Å². The second-order valence-corrected chi connectivity index (χ2v) is 7.55. The minimum atomic E-state index is -1.11. The number of aliphatic carboxylic acids is 1. The number of amidine groups is 1. The van der Waals surface area contributed by atoms with Gasteiger partial charge in [-0.2, -0.15) is 0 Å². The van der Waals surface area contributed by atoms with Gasteiger partial charge in [-0.3, -0.25) is 4.79 Å². The zero-order valence-corrected chi connectivity index (χ0v) is 17.3. The second-order valence-electron chi connectivity index (χ2n) is 5.67. The Morgan fingerprint density at radius 2 is 2.03 bits per heavy atom. The van der Waals surface area contributed by atoms with Gasteiger partial charge in [0.2, 0.25) is 0 Å². The van der Waals surface area contributed by atoms with Crippen LogP contribution in [0.5, 0.6) is 11.5 Å². The first kappa shape index (κ1) is 20.9. The van der Waals surface area contributed by atoms with Crippen LogP contribution in [0.1, 0.15) is 5.56 Å². The summed E-state index contributed by atoms with van der Waals surface area (Å²) in [5, 5.41) is 11.8. The Kier molecular flexibility index (Phi) is 6.55. The Morgan fingerprint density at radius 1 is 1.31 bits per heavy atom. The van der Waals surface area contributed by atoms with Crippen molar-refractivity contribution in [2.75, 3.05) is 13.7 Å². The monoisotopic (exact) mass is 480 g/mol. The van der Waals surface area contributed by atoms with Crippen LogP contribution in [0.2, 0.25) is 0 Å². The number of benzene rings is 2. The molecule has 0 aliphatic carbocycles. The van der Waals surface area contributed by atoms with E-state index in [4.69, 9.17) is 14.6 Å². The van der Waals surface area contributed by atoms with Crippen LogP contribution in [0, 0.1) is 5.82 Å². The lowest BCUT2D eigenvalue weighted by Gasteiger charge is -2.11. The summed E-state index contributed by atoms with van der Waals surface area (Å²) >= 11 is 4.53. The maximum atomic E-state index is 13.0. The van der Waals surface area contributed by atoms with E-state index in [1.165, 1.54) is 31.4 Å². The molecule has 1 aliphatic heterocycles. The lowest BCUT2D eigenvalue weighted by Crippen LogP contribution is -2.19. The minimum Gasteiger partial charge on any atom is -0.493 e. The van der Waals surface area contributed by atoms with Gasteiger partial charge in [0, 0.05) is 4.47 Å². The molecule has 0 saturated carbocycles. The van der Waals surface area contributed by atoms with Crippen LogP contribution in [0.25, 0.3) is 6.08 Å². The zero-order chi connectivity index (χ0) is 21.0. The van der Waals surface area contributed by atoms with E-state index in [-0.39, 0.29) is 17.5 Å². The lowest BCUT2D eigenvalue weighted by molar-refractivity contribution is -0.139. The van der Waals surface area contributed by atoms with Crippen molar-refractivity contribution >= 4 is 56.5 Å². The molecule has 10 heteroatoms. The van der Waals surface area contributed by atoms with Crippen LogP contribution in [0.4, 0.5) is 10.1 Å². The summed E-state index contributed by atoms with van der Waals surface area (Å²) in [6, 6.07) is 8.78. The van der Waals surface area contributed by atoms with E-state index in [1.807, 2.05) is 0 Å². The highest BCUT2D eigenvalue weighted by Gasteiger charge is 2.24. The van der Waals surface area contributed by atoms with Gasteiger partial charge in [0.25, 0.3) is 5.91 Å². The standard InChI is InChI=1S/C19H14BrFN2O5S/c1-27-14-6-10(13(20)8-15(14)28-9-17(24)25)7-16-18(26)23-19(29-16)22-12-4-2-11(21)3-5-12/h2-8H,9H2,1H3,(H,24,25)(H,22,23,26)/b16-7+. The van der Waals surface area contributed by atoms with E-state index in [2.05, 4.69) is 26.2 Å². The van der Waals surface area contributed by atoms with Gasteiger partial charge in [-0.05, 0) is 59.8 Å². The summed E-state index contributed by atoms with van der Waals surface area (Å²) in [5.41, 5.74) is 1.14. The number of carboxylic acid groups (broad SMARTS) is 1. The molecule has 2 N–H and O–H groups in total. The van der Waals surface area contributed by atoms with Crippen LogP contribution in [0.3, 0.4) is 0 Å². The zero-order valence-electron chi connectivity index (χ0n) is 14.9. The number of carbonyl (C=O) groups is 2. The van der Waals surface area contributed by atoms with Crippen LogP contribution >= 0.6 is 27.7 Å². The molecular formula is C19H14BrFN2O5S. The summed E-state index contributed by atoms with van der Waals surface area (Å²) in [5.74, 6) is -1.22. The van der Waals surface area contributed by atoms with Gasteiger partial charge in [-0.1, -0.05) is 15.9 Å². The van der Waals surface area contributed by atoms with E-state index in [1.54, 1.807) is 18.2 Å². The molecule has 1 saturated heterocycles. The average Bonchev–Trinajstić information content (AvgIpc) is 3.02. The van der Waals surface area contributed by atoms with E-state index in [9.17, 15) is 14.0 Å². The minimum absolute atomic E-state index is 0.256. The Bertz CT molecular complexity index is 1020. The topological polar surface area (TPSA) is 97.2 Å². The van der Waals surface area contributed by atoms with E-state index >= 15 is 0 Å². The fourth-order valence-electron chi connectivity index (χ4n) is 2.33. The van der Waals surface area contributed by atoms with Crippen molar-refractivity contribution in [2.45, 2.75) is 0 Å². The molecule has 0 aromatic heterocycles. The number of carbonyl (C=O) groups excluding carboxylic acids is 1. The molecule has 0 unspecified atom stereocenters. The smallest absolute Gasteiger partial charge is 0.341 e.